The van der Waals surface area contributed by atoms with Crippen LogP contribution in [0.15, 0.2) is 59.4 Å². The molecule has 1 aliphatic rings. The Morgan fingerprint density at radius 1 is 1.06 bits per heavy atom. The van der Waals surface area contributed by atoms with E-state index in [1.807, 2.05) is 45.0 Å². The number of pyridine rings is 1. The molecular weight excluding hydrogens is 426 g/mol. The number of hydrogen-bond acceptors (Lipinski definition) is 3. The van der Waals surface area contributed by atoms with E-state index in [4.69, 9.17) is 11.6 Å². The Kier molecular flexibility index (Phi) is 5.75. The molecule has 4 rings (SSSR count). The molecule has 6 nitrogen and oxygen atoms in total. The van der Waals surface area contributed by atoms with E-state index in [1.54, 1.807) is 29.7 Å². The molecule has 1 heterocycles. The lowest BCUT2D eigenvalue weighted by atomic mass is 9.75. The van der Waals surface area contributed by atoms with Crippen LogP contribution in [-0.4, -0.2) is 16.3 Å². The van der Waals surface area contributed by atoms with E-state index in [-0.39, 0.29) is 16.8 Å². The van der Waals surface area contributed by atoms with Crippen molar-refractivity contribution in [3.05, 3.63) is 92.4 Å². The molecule has 3 N–H and O–H groups in total. The molecule has 2 aromatic carbocycles. The fourth-order valence-electron chi connectivity index (χ4n) is 4.11. The number of quaternary nitrogens is 1. The van der Waals surface area contributed by atoms with Gasteiger partial charge in [0.2, 0.25) is 0 Å². The summed E-state index contributed by atoms with van der Waals surface area (Å²) >= 11 is 6.03. The molecule has 3 aromatic rings. The molecule has 1 aromatic heterocycles. The minimum atomic E-state index is -0.554. The van der Waals surface area contributed by atoms with Crippen molar-refractivity contribution in [1.29, 1.82) is 0 Å². The van der Waals surface area contributed by atoms with Crippen LogP contribution in [0.3, 0.4) is 0 Å². The van der Waals surface area contributed by atoms with Crippen LogP contribution in [0.2, 0.25) is 5.02 Å². The number of carbonyl (C=O) groups is 2. The molecule has 0 unspecified atom stereocenters. The first-order chi connectivity index (χ1) is 15.2. The monoisotopic (exact) mass is 450 g/mol. The number of nitrogens with two attached hydrogens (primary N) is 1. The van der Waals surface area contributed by atoms with Gasteiger partial charge < -0.3 is 0 Å². The molecule has 0 radical (unpaired) electrons. The Labute approximate surface area is 191 Å². The van der Waals surface area contributed by atoms with Gasteiger partial charge in [0, 0.05) is 40.0 Å². The van der Waals surface area contributed by atoms with E-state index in [1.165, 1.54) is 10.6 Å². The first-order valence-corrected chi connectivity index (χ1v) is 10.8. The predicted octanol–water partition coefficient (Wildman–Crippen LogP) is 3.49. The first-order valence-electron chi connectivity index (χ1n) is 10.4. The summed E-state index contributed by atoms with van der Waals surface area (Å²) in [6, 6.07) is 15.9. The molecule has 0 atom stereocenters. The van der Waals surface area contributed by atoms with E-state index >= 15 is 0 Å². The number of benzene rings is 2. The minimum absolute atomic E-state index is 0.0726. The number of aromatic nitrogens is 1. The second-order valence-corrected chi connectivity index (χ2v) is 9.39. The molecule has 1 amide bonds. The fraction of sp³-hybridized carbons (Fsp3) is 0.240. The van der Waals surface area contributed by atoms with Crippen LogP contribution >= 0.6 is 11.6 Å². The van der Waals surface area contributed by atoms with Crippen LogP contribution in [0, 0.1) is 12.3 Å². The quantitative estimate of drug-likeness (QED) is 0.276. The summed E-state index contributed by atoms with van der Waals surface area (Å²) in [4.78, 5) is 39.5. The number of para-hydroxylation sites is 1. The standard InChI is InChI=1S/C25H24ClN3O3/c1-15-6-4-5-7-20(15)27-28-23(31)19-12-18-21(13-25(2,3)14-22(18)30)29(24(19)32)17-10-8-16(26)9-11-17/h4-12,27H,13-14H2,1-3H3,(H,28,31)/p+1. The average molecular weight is 451 g/mol. The number of ketones is 1. The van der Waals surface area contributed by atoms with E-state index in [9.17, 15) is 14.4 Å². The Bertz CT molecular complexity index is 1280. The lowest BCUT2D eigenvalue weighted by Gasteiger charge is -2.32. The first kappa shape index (κ1) is 22.0. The van der Waals surface area contributed by atoms with Gasteiger partial charge in [0.1, 0.15) is 5.56 Å². The van der Waals surface area contributed by atoms with Crippen molar-refractivity contribution in [2.24, 2.45) is 5.41 Å². The number of halogens is 1. The molecule has 7 heteroatoms. The van der Waals surface area contributed by atoms with Crippen LogP contribution in [0.5, 0.6) is 0 Å². The van der Waals surface area contributed by atoms with Crippen molar-refractivity contribution in [1.82, 2.24) is 9.99 Å². The molecule has 0 fully saturated rings. The van der Waals surface area contributed by atoms with Gasteiger partial charge in [-0.25, -0.2) is 5.43 Å². The zero-order chi connectivity index (χ0) is 23.0. The van der Waals surface area contributed by atoms with Gasteiger partial charge in [-0.05, 0) is 49.1 Å². The number of nitrogens with one attached hydrogen (secondary N) is 1. The molecule has 164 valence electrons. The van der Waals surface area contributed by atoms with Gasteiger partial charge in [-0.15, -0.1) is 0 Å². The Balaban J connectivity index is 1.81. The van der Waals surface area contributed by atoms with Crippen LogP contribution in [0.25, 0.3) is 5.69 Å². The summed E-state index contributed by atoms with van der Waals surface area (Å²) in [5.74, 6) is -0.628. The van der Waals surface area contributed by atoms with Gasteiger partial charge in [-0.3, -0.25) is 19.0 Å². The highest BCUT2D eigenvalue weighted by atomic mass is 35.5. The van der Waals surface area contributed by atoms with Crippen molar-refractivity contribution in [2.45, 2.75) is 33.6 Å². The molecule has 1 aliphatic carbocycles. The number of fused-ring (bicyclic) bond motifs is 1. The number of Topliss-reactive ketones (excluding diaryl/α,β-unsaturated/α-hetero) is 1. The van der Waals surface area contributed by atoms with Gasteiger partial charge >= 0.3 is 5.91 Å². The number of aryl methyl sites for hydroxylation is 1. The maximum Gasteiger partial charge on any atom is 0.301 e. The van der Waals surface area contributed by atoms with Crippen molar-refractivity contribution >= 4 is 29.0 Å². The minimum Gasteiger partial charge on any atom is -0.294 e. The summed E-state index contributed by atoms with van der Waals surface area (Å²) < 4.78 is 1.48. The zero-order valence-corrected chi connectivity index (χ0v) is 19.0. The molecule has 0 spiro atoms. The number of hydrogen-bond donors (Lipinski definition) is 2. The SMILES string of the molecule is Cc1ccccc1[NH2+]NC(=O)c1cc2c(n(-c3ccc(Cl)cc3)c1=O)CC(C)(C)CC2=O. The topological polar surface area (TPSA) is 84.8 Å². The second-order valence-electron chi connectivity index (χ2n) is 8.95. The fourth-order valence-corrected chi connectivity index (χ4v) is 4.24. The Hall–Kier alpha value is -3.22. The average Bonchev–Trinajstić information content (AvgIpc) is 2.73. The largest absolute Gasteiger partial charge is 0.301 e. The van der Waals surface area contributed by atoms with Gasteiger partial charge in [-0.1, -0.05) is 43.6 Å². The maximum atomic E-state index is 13.5. The summed E-state index contributed by atoms with van der Waals surface area (Å²) in [6.07, 6.45) is 0.901. The van der Waals surface area contributed by atoms with Crippen molar-refractivity contribution in [2.75, 3.05) is 0 Å². The van der Waals surface area contributed by atoms with Crippen molar-refractivity contribution in [3.63, 3.8) is 0 Å². The van der Waals surface area contributed by atoms with E-state index < -0.39 is 11.5 Å². The highest BCUT2D eigenvalue weighted by Crippen LogP contribution is 2.35. The second kappa shape index (κ2) is 8.37. The number of nitrogen functional groups attached to an aromatic ring is 1. The van der Waals surface area contributed by atoms with Gasteiger partial charge in [0.25, 0.3) is 5.56 Å². The third-order valence-electron chi connectivity index (χ3n) is 5.77. The van der Waals surface area contributed by atoms with Gasteiger partial charge in [0.05, 0.1) is 0 Å². The third kappa shape index (κ3) is 4.24. The van der Waals surface area contributed by atoms with Gasteiger partial charge in [-0.2, -0.15) is 5.43 Å². The lowest BCUT2D eigenvalue weighted by Crippen LogP contribution is -2.89. The van der Waals surface area contributed by atoms with Crippen molar-refractivity contribution in [3.8, 4) is 5.69 Å². The van der Waals surface area contributed by atoms with Crippen molar-refractivity contribution < 1.29 is 15.0 Å². The summed E-state index contributed by atoms with van der Waals surface area (Å²) in [6.45, 7) is 5.94. The van der Waals surface area contributed by atoms with E-state index in [0.717, 1.165) is 11.3 Å². The Morgan fingerprint density at radius 3 is 2.44 bits per heavy atom. The number of carbonyl (C=O) groups excluding carboxylic acids is 2. The normalized spacial score (nSPS) is 14.7. The predicted molar refractivity (Wildman–Crippen MR) is 124 cm³/mol. The van der Waals surface area contributed by atoms with Crippen LogP contribution in [-0.2, 0) is 6.42 Å². The molecule has 0 aliphatic heterocycles. The summed E-state index contributed by atoms with van der Waals surface area (Å²) in [7, 11) is 0. The zero-order valence-electron chi connectivity index (χ0n) is 18.2. The lowest BCUT2D eigenvalue weighted by molar-refractivity contribution is -0.618. The third-order valence-corrected chi connectivity index (χ3v) is 6.02. The summed E-state index contributed by atoms with van der Waals surface area (Å²) in [5.41, 5.74) is 6.91. The maximum absolute atomic E-state index is 13.5. The smallest absolute Gasteiger partial charge is 0.294 e. The highest BCUT2D eigenvalue weighted by molar-refractivity contribution is 6.30. The van der Waals surface area contributed by atoms with Gasteiger partial charge in [0.15, 0.2) is 11.5 Å². The molecule has 0 bridgehead atoms. The molecule has 0 saturated carbocycles. The Morgan fingerprint density at radius 2 is 1.75 bits per heavy atom. The number of rotatable bonds is 4. The van der Waals surface area contributed by atoms with Crippen LogP contribution in [0.1, 0.15) is 52.2 Å². The van der Waals surface area contributed by atoms with Crippen LogP contribution in [0.4, 0.5) is 5.69 Å². The molecule has 0 saturated heterocycles. The van der Waals surface area contributed by atoms with E-state index in [2.05, 4.69) is 5.43 Å². The summed E-state index contributed by atoms with van der Waals surface area (Å²) in [5, 5.41) is 0.536. The highest BCUT2D eigenvalue weighted by Gasteiger charge is 2.35. The van der Waals surface area contributed by atoms with E-state index in [0.29, 0.717) is 34.8 Å². The molecule has 32 heavy (non-hydrogen) atoms. The molecular formula is C25H25ClN3O3+. The number of amides is 1. The number of nitrogens with zero attached hydrogens (tertiary/aromatic N) is 1. The van der Waals surface area contributed by atoms with Crippen LogP contribution < -0.4 is 16.4 Å².